The fourth-order valence-corrected chi connectivity index (χ4v) is 2.42. The van der Waals surface area contributed by atoms with Crippen LogP contribution >= 0.6 is 0 Å². The zero-order chi connectivity index (χ0) is 16.8. The molecule has 126 valence electrons. The van der Waals surface area contributed by atoms with Gasteiger partial charge in [-0.2, -0.15) is 0 Å². The van der Waals surface area contributed by atoms with Crippen molar-refractivity contribution in [2.75, 3.05) is 11.9 Å². The van der Waals surface area contributed by atoms with Gasteiger partial charge in [-0.25, -0.2) is 0 Å². The smallest absolute Gasteiger partial charge is 0.228 e. The Labute approximate surface area is 137 Å². The van der Waals surface area contributed by atoms with Crippen LogP contribution < -0.4 is 15.4 Å². The Hall–Kier alpha value is -2.04. The topological polar surface area (TPSA) is 67.4 Å². The minimum atomic E-state index is -0.205. The second kappa shape index (κ2) is 7.99. The van der Waals surface area contributed by atoms with Gasteiger partial charge in [0.1, 0.15) is 5.75 Å². The van der Waals surface area contributed by atoms with Crippen molar-refractivity contribution in [3.05, 3.63) is 24.3 Å². The summed E-state index contributed by atoms with van der Waals surface area (Å²) in [6.45, 7) is 6.71. The normalized spacial score (nSPS) is 19.3. The molecule has 2 amide bonds. The van der Waals surface area contributed by atoms with Crippen LogP contribution in [0.5, 0.6) is 5.75 Å². The van der Waals surface area contributed by atoms with Crippen molar-refractivity contribution >= 4 is 17.5 Å². The van der Waals surface area contributed by atoms with E-state index in [1.807, 2.05) is 38.1 Å². The van der Waals surface area contributed by atoms with E-state index in [0.29, 0.717) is 13.0 Å². The molecule has 1 aromatic rings. The highest BCUT2D eigenvalue weighted by Crippen LogP contribution is 2.39. The van der Waals surface area contributed by atoms with Crippen LogP contribution in [-0.2, 0) is 9.59 Å². The van der Waals surface area contributed by atoms with Crippen molar-refractivity contribution in [2.45, 2.75) is 46.1 Å². The number of carbonyl (C=O) groups is 2. The van der Waals surface area contributed by atoms with Gasteiger partial charge in [0.25, 0.3) is 0 Å². The minimum absolute atomic E-state index is 0.000665. The van der Waals surface area contributed by atoms with Gasteiger partial charge >= 0.3 is 0 Å². The molecule has 1 aliphatic rings. The molecule has 1 fully saturated rings. The monoisotopic (exact) mass is 318 g/mol. The zero-order valence-electron chi connectivity index (χ0n) is 14.1. The maximum Gasteiger partial charge on any atom is 0.228 e. The third-order valence-corrected chi connectivity index (χ3v) is 3.79. The average Bonchev–Trinajstić information content (AvgIpc) is 3.29. The quantitative estimate of drug-likeness (QED) is 0.724. The Morgan fingerprint density at radius 1 is 1.17 bits per heavy atom. The second-order valence-corrected chi connectivity index (χ2v) is 6.27. The van der Waals surface area contributed by atoms with Gasteiger partial charge in [-0.3, -0.25) is 9.59 Å². The van der Waals surface area contributed by atoms with E-state index in [-0.39, 0.29) is 29.8 Å². The average molecular weight is 318 g/mol. The lowest BCUT2D eigenvalue weighted by molar-refractivity contribution is -0.125. The van der Waals surface area contributed by atoms with Gasteiger partial charge in [-0.05, 0) is 51.0 Å². The Morgan fingerprint density at radius 2 is 1.83 bits per heavy atom. The molecule has 23 heavy (non-hydrogen) atoms. The van der Waals surface area contributed by atoms with Crippen molar-refractivity contribution in [1.29, 1.82) is 0 Å². The Kier molecular flexibility index (Phi) is 6.02. The van der Waals surface area contributed by atoms with E-state index in [2.05, 4.69) is 17.6 Å². The SMILES string of the molecule is CCCCNC(=O)C1CC1C(=O)Nc1ccc(OC(C)C)cc1. The lowest BCUT2D eigenvalue weighted by Gasteiger charge is -2.10. The highest BCUT2D eigenvalue weighted by Gasteiger charge is 2.47. The number of nitrogens with one attached hydrogen (secondary N) is 2. The summed E-state index contributed by atoms with van der Waals surface area (Å²) in [4.78, 5) is 24.0. The summed E-state index contributed by atoms with van der Waals surface area (Å²) < 4.78 is 5.56. The molecule has 2 atom stereocenters. The predicted molar refractivity (Wildman–Crippen MR) is 90.4 cm³/mol. The highest BCUT2D eigenvalue weighted by atomic mass is 16.5. The molecule has 0 heterocycles. The molecule has 0 radical (unpaired) electrons. The van der Waals surface area contributed by atoms with Crippen LogP contribution in [0.2, 0.25) is 0 Å². The van der Waals surface area contributed by atoms with Crippen molar-refractivity contribution in [3.63, 3.8) is 0 Å². The zero-order valence-corrected chi connectivity index (χ0v) is 14.1. The number of carbonyl (C=O) groups excluding carboxylic acids is 2. The van der Waals surface area contributed by atoms with Crippen LogP contribution in [0.3, 0.4) is 0 Å². The fourth-order valence-electron chi connectivity index (χ4n) is 2.42. The molecule has 0 spiro atoms. The van der Waals surface area contributed by atoms with Gasteiger partial charge in [-0.15, -0.1) is 0 Å². The molecule has 2 unspecified atom stereocenters. The summed E-state index contributed by atoms with van der Waals surface area (Å²) in [6.07, 6.45) is 2.78. The molecule has 0 aliphatic heterocycles. The Morgan fingerprint density at radius 3 is 2.43 bits per heavy atom. The summed E-state index contributed by atoms with van der Waals surface area (Å²) in [5, 5.41) is 5.75. The molecule has 1 aliphatic carbocycles. The first kappa shape index (κ1) is 17.3. The molecule has 2 rings (SSSR count). The molecule has 1 aromatic carbocycles. The van der Waals surface area contributed by atoms with Crippen molar-refractivity contribution in [3.8, 4) is 5.75 Å². The summed E-state index contributed by atoms with van der Waals surface area (Å²) in [6, 6.07) is 7.29. The van der Waals surface area contributed by atoms with E-state index >= 15 is 0 Å². The largest absolute Gasteiger partial charge is 0.491 e. The van der Waals surface area contributed by atoms with Gasteiger partial charge in [0.2, 0.25) is 11.8 Å². The summed E-state index contributed by atoms with van der Waals surface area (Å²) >= 11 is 0. The van der Waals surface area contributed by atoms with Crippen molar-refractivity contribution in [2.24, 2.45) is 11.8 Å². The second-order valence-electron chi connectivity index (χ2n) is 6.27. The fraction of sp³-hybridized carbons (Fsp3) is 0.556. The van der Waals surface area contributed by atoms with Gasteiger partial charge in [-0.1, -0.05) is 13.3 Å². The lowest BCUT2D eigenvalue weighted by atomic mass is 10.2. The molecular weight excluding hydrogens is 292 g/mol. The van der Waals surface area contributed by atoms with Gasteiger partial charge < -0.3 is 15.4 Å². The molecule has 0 saturated heterocycles. The molecule has 5 nitrogen and oxygen atoms in total. The van der Waals surface area contributed by atoms with Crippen LogP contribution in [0.15, 0.2) is 24.3 Å². The van der Waals surface area contributed by atoms with Gasteiger partial charge in [0.05, 0.1) is 17.9 Å². The van der Waals surface area contributed by atoms with E-state index in [0.717, 1.165) is 24.3 Å². The number of hydrogen-bond donors (Lipinski definition) is 2. The third-order valence-electron chi connectivity index (χ3n) is 3.79. The van der Waals surface area contributed by atoms with Gasteiger partial charge in [0.15, 0.2) is 0 Å². The number of hydrogen-bond acceptors (Lipinski definition) is 3. The lowest BCUT2D eigenvalue weighted by Crippen LogP contribution is -2.28. The number of anilines is 1. The summed E-state index contributed by atoms with van der Waals surface area (Å²) in [7, 11) is 0. The first-order chi connectivity index (χ1) is 11.0. The summed E-state index contributed by atoms with van der Waals surface area (Å²) in [5.41, 5.74) is 0.725. The van der Waals surface area contributed by atoms with Gasteiger partial charge in [0, 0.05) is 12.2 Å². The Bertz CT molecular complexity index is 540. The maximum absolute atomic E-state index is 12.2. The molecule has 0 aromatic heterocycles. The molecule has 1 saturated carbocycles. The first-order valence-corrected chi connectivity index (χ1v) is 8.36. The van der Waals surface area contributed by atoms with Crippen molar-refractivity contribution < 1.29 is 14.3 Å². The number of benzene rings is 1. The predicted octanol–water partition coefficient (Wildman–Crippen LogP) is 2.96. The van der Waals surface area contributed by atoms with E-state index in [1.165, 1.54) is 0 Å². The third kappa shape index (κ3) is 5.27. The number of amides is 2. The standard InChI is InChI=1S/C18H26N2O3/c1-4-5-10-19-17(21)15-11-16(15)18(22)20-13-6-8-14(9-7-13)23-12(2)3/h6-9,12,15-16H,4-5,10-11H2,1-3H3,(H,19,21)(H,20,22). The van der Waals surface area contributed by atoms with Crippen LogP contribution in [-0.4, -0.2) is 24.5 Å². The maximum atomic E-state index is 12.2. The molecule has 5 heteroatoms. The van der Waals surface area contributed by atoms with Crippen LogP contribution in [0.1, 0.15) is 40.0 Å². The number of rotatable bonds is 8. The van der Waals surface area contributed by atoms with Crippen LogP contribution in [0, 0.1) is 11.8 Å². The highest BCUT2D eigenvalue weighted by molar-refractivity contribution is 5.99. The summed E-state index contributed by atoms with van der Waals surface area (Å²) in [5.74, 6) is 0.314. The van der Waals surface area contributed by atoms with E-state index < -0.39 is 0 Å². The van der Waals surface area contributed by atoms with Crippen LogP contribution in [0.4, 0.5) is 5.69 Å². The minimum Gasteiger partial charge on any atom is -0.491 e. The van der Waals surface area contributed by atoms with Crippen LogP contribution in [0.25, 0.3) is 0 Å². The number of ether oxygens (including phenoxy) is 1. The number of unbranched alkanes of at least 4 members (excludes halogenated alkanes) is 1. The van der Waals surface area contributed by atoms with E-state index in [9.17, 15) is 9.59 Å². The first-order valence-electron chi connectivity index (χ1n) is 8.36. The molecule has 0 bridgehead atoms. The van der Waals surface area contributed by atoms with E-state index in [1.54, 1.807) is 0 Å². The molecular formula is C18H26N2O3. The molecule has 2 N–H and O–H groups in total. The Balaban J connectivity index is 1.78. The van der Waals surface area contributed by atoms with E-state index in [4.69, 9.17) is 4.74 Å². The van der Waals surface area contributed by atoms with Crippen molar-refractivity contribution in [1.82, 2.24) is 5.32 Å².